The molecule has 1 aliphatic heterocycles. The minimum atomic E-state index is -0.681. The lowest BCUT2D eigenvalue weighted by molar-refractivity contribution is -0.121. The number of nitrogens with one attached hydrogen (secondary N) is 2. The van der Waals surface area contributed by atoms with Crippen LogP contribution in [0.1, 0.15) is 48.5 Å². The third-order valence-corrected chi connectivity index (χ3v) is 6.00. The Morgan fingerprint density at radius 1 is 1.24 bits per heavy atom. The minimum Gasteiger partial charge on any atom is -0.383 e. The first-order valence-corrected chi connectivity index (χ1v) is 11.4. The zero-order valence-electron chi connectivity index (χ0n) is 20.9. The lowest BCUT2D eigenvalue weighted by Gasteiger charge is -2.30. The molecular weight excluding hydrogens is 414 g/mol. The summed E-state index contributed by atoms with van der Waals surface area (Å²) in [6, 6.07) is -0.788. The summed E-state index contributed by atoms with van der Waals surface area (Å²) in [5.74, 6) is -0.547. The quantitative estimate of drug-likeness (QED) is 0.249. The largest absolute Gasteiger partial charge is 0.383 e. The van der Waals surface area contributed by atoms with E-state index in [1.807, 2.05) is 45.9 Å². The summed E-state index contributed by atoms with van der Waals surface area (Å²) in [6.07, 6.45) is 12.4. The molecule has 0 spiro atoms. The van der Waals surface area contributed by atoms with E-state index in [9.17, 15) is 14.5 Å². The fraction of sp³-hybridized carbons (Fsp3) is 0.481. The predicted octanol–water partition coefficient (Wildman–Crippen LogP) is 4.93. The molecule has 6 nitrogen and oxygen atoms in total. The average molecular weight is 452 g/mol. The highest BCUT2D eigenvalue weighted by Gasteiger charge is 2.34. The van der Waals surface area contributed by atoms with Crippen molar-refractivity contribution in [3.8, 4) is 0 Å². The fourth-order valence-corrected chi connectivity index (χ4v) is 3.64. The molecule has 0 aromatic heterocycles. The van der Waals surface area contributed by atoms with Crippen LogP contribution in [0, 0.1) is 21.7 Å². The summed E-state index contributed by atoms with van der Waals surface area (Å²) in [7, 11) is 0. The van der Waals surface area contributed by atoms with Crippen LogP contribution in [0.4, 0.5) is 0 Å². The maximum Gasteiger partial charge on any atom is 0.256 e. The summed E-state index contributed by atoms with van der Waals surface area (Å²) in [4.78, 5) is 37.0. The molecule has 2 N–H and O–H groups in total. The average Bonchev–Trinajstić information content (AvgIpc) is 2.71. The van der Waals surface area contributed by atoms with Gasteiger partial charge in [0.1, 0.15) is 11.6 Å². The molecule has 0 radical (unpaired) electrons. The SMILES string of the molecule is C=C(/C=C(\[C@@H](/C=C/CNC(=O)C1=CNC2C(=CC=C[C@@H]2C)C1=O)N=O)C(C)(C)C)C(C)(C)C. The molecule has 178 valence electrons. The van der Waals surface area contributed by atoms with Gasteiger partial charge in [-0.3, -0.25) is 9.59 Å². The van der Waals surface area contributed by atoms with E-state index in [0.29, 0.717) is 5.57 Å². The second-order valence-electron chi connectivity index (χ2n) is 10.7. The maximum atomic E-state index is 12.8. The normalized spacial score (nSPS) is 22.2. The van der Waals surface area contributed by atoms with E-state index in [2.05, 4.69) is 43.2 Å². The highest BCUT2D eigenvalue weighted by Crippen LogP contribution is 2.34. The lowest BCUT2D eigenvalue weighted by atomic mass is 9.78. The molecule has 1 unspecified atom stereocenters. The minimum absolute atomic E-state index is 0.0789. The van der Waals surface area contributed by atoms with Crippen LogP contribution in [0.2, 0.25) is 0 Å². The van der Waals surface area contributed by atoms with Gasteiger partial charge >= 0.3 is 0 Å². The summed E-state index contributed by atoms with van der Waals surface area (Å²) < 4.78 is 0. The number of nitrogens with zero attached hydrogens (tertiary/aromatic N) is 1. The standard InChI is InChI=1S/C27H37N3O3/c1-17-11-9-12-19-23(17)29-16-20(24(19)31)25(32)28-14-10-13-22(30-33)21(27(6,7)8)15-18(2)26(3,4)5/h9-13,15-17,22-23,29H,2,14H2,1,3-8H3,(H,28,32)/b13-10+,21-15+/t17-,22+,23?/m0/s1. The Kier molecular flexibility index (Phi) is 8.17. The first-order chi connectivity index (χ1) is 15.3. The van der Waals surface area contributed by atoms with Crippen molar-refractivity contribution in [2.45, 2.75) is 60.5 Å². The van der Waals surface area contributed by atoms with Gasteiger partial charge < -0.3 is 10.6 Å². The van der Waals surface area contributed by atoms with E-state index in [1.165, 1.54) is 6.20 Å². The fourth-order valence-electron chi connectivity index (χ4n) is 3.64. The monoisotopic (exact) mass is 451 g/mol. The van der Waals surface area contributed by atoms with Gasteiger partial charge in [0.25, 0.3) is 5.91 Å². The molecular formula is C27H37N3O3. The number of ketones is 1. The van der Waals surface area contributed by atoms with E-state index >= 15 is 0 Å². The van der Waals surface area contributed by atoms with Crippen LogP contribution in [-0.4, -0.2) is 30.3 Å². The van der Waals surface area contributed by atoms with Crippen molar-refractivity contribution >= 4 is 11.7 Å². The van der Waals surface area contributed by atoms with Gasteiger partial charge in [0.05, 0.1) is 6.04 Å². The highest BCUT2D eigenvalue weighted by molar-refractivity contribution is 6.26. The zero-order valence-corrected chi connectivity index (χ0v) is 20.9. The highest BCUT2D eigenvalue weighted by atomic mass is 16.3. The third kappa shape index (κ3) is 6.50. The molecule has 3 atom stereocenters. The summed E-state index contributed by atoms with van der Waals surface area (Å²) in [6.45, 7) is 18.6. The lowest BCUT2D eigenvalue weighted by Crippen LogP contribution is -2.44. The van der Waals surface area contributed by atoms with E-state index in [0.717, 1.165) is 11.1 Å². The molecule has 1 aliphatic carbocycles. The summed E-state index contributed by atoms with van der Waals surface area (Å²) in [5, 5.41) is 9.20. The Bertz CT molecular complexity index is 966. The van der Waals surface area contributed by atoms with Crippen molar-refractivity contribution < 1.29 is 9.59 Å². The third-order valence-electron chi connectivity index (χ3n) is 6.00. The number of Topliss-reactive ketones (excluding diaryl/α,β-unsaturated/α-hetero) is 1. The number of fused-ring (bicyclic) bond motifs is 1. The summed E-state index contributed by atoms with van der Waals surface area (Å²) in [5.41, 5.74) is 2.02. The van der Waals surface area contributed by atoms with Gasteiger partial charge in [0.2, 0.25) is 0 Å². The van der Waals surface area contributed by atoms with Crippen molar-refractivity contribution in [3.63, 3.8) is 0 Å². The van der Waals surface area contributed by atoms with Crippen molar-refractivity contribution in [1.82, 2.24) is 10.6 Å². The van der Waals surface area contributed by atoms with Crippen LogP contribution in [0.3, 0.4) is 0 Å². The van der Waals surface area contributed by atoms with Gasteiger partial charge in [-0.05, 0) is 27.9 Å². The van der Waals surface area contributed by atoms with Crippen LogP contribution in [0.15, 0.2) is 76.7 Å². The number of hydrogen-bond acceptors (Lipinski definition) is 5. The van der Waals surface area contributed by atoms with Crippen LogP contribution < -0.4 is 10.6 Å². The van der Waals surface area contributed by atoms with Crippen LogP contribution in [0.25, 0.3) is 0 Å². The Hall–Kier alpha value is -3.02. The van der Waals surface area contributed by atoms with E-state index < -0.39 is 11.9 Å². The van der Waals surface area contributed by atoms with Gasteiger partial charge in [0, 0.05) is 18.3 Å². The van der Waals surface area contributed by atoms with Gasteiger partial charge in [0.15, 0.2) is 5.78 Å². The molecule has 2 aliphatic rings. The first-order valence-electron chi connectivity index (χ1n) is 11.4. The summed E-state index contributed by atoms with van der Waals surface area (Å²) >= 11 is 0. The molecule has 1 amide bonds. The Morgan fingerprint density at radius 2 is 1.91 bits per heavy atom. The van der Waals surface area contributed by atoms with Gasteiger partial charge in [-0.25, -0.2) is 0 Å². The smallest absolute Gasteiger partial charge is 0.256 e. The molecule has 6 heteroatoms. The number of hydrogen-bond donors (Lipinski definition) is 2. The van der Waals surface area contributed by atoms with E-state index in [1.54, 1.807) is 18.2 Å². The topological polar surface area (TPSA) is 87.6 Å². The Morgan fingerprint density at radius 3 is 2.48 bits per heavy atom. The van der Waals surface area contributed by atoms with Crippen LogP contribution in [0.5, 0.6) is 0 Å². The maximum absolute atomic E-state index is 12.8. The van der Waals surface area contributed by atoms with Crippen molar-refractivity contribution in [1.29, 1.82) is 0 Å². The second kappa shape index (κ2) is 10.3. The Labute approximate surface area is 197 Å². The van der Waals surface area contributed by atoms with Crippen molar-refractivity contribution in [2.75, 3.05) is 6.54 Å². The van der Waals surface area contributed by atoms with Crippen LogP contribution in [-0.2, 0) is 9.59 Å². The molecule has 0 aromatic carbocycles. The Balaban J connectivity index is 2.08. The number of carbonyl (C=O) groups is 2. The van der Waals surface area contributed by atoms with Crippen LogP contribution >= 0.6 is 0 Å². The van der Waals surface area contributed by atoms with Crippen molar-refractivity contribution in [3.05, 3.63) is 76.4 Å². The first kappa shape index (κ1) is 26.2. The number of rotatable bonds is 7. The van der Waals surface area contributed by atoms with Crippen molar-refractivity contribution in [2.24, 2.45) is 21.9 Å². The molecule has 0 saturated heterocycles. The van der Waals surface area contributed by atoms with Gasteiger partial charge in [-0.2, -0.15) is 0 Å². The molecule has 1 heterocycles. The molecule has 2 rings (SSSR count). The number of nitroso groups, excluding NO2 is 1. The van der Waals surface area contributed by atoms with E-state index in [-0.39, 0.29) is 40.7 Å². The number of amides is 1. The van der Waals surface area contributed by atoms with Gasteiger partial charge in [-0.15, -0.1) is 4.91 Å². The molecule has 0 saturated carbocycles. The molecule has 0 bridgehead atoms. The predicted molar refractivity (Wildman–Crippen MR) is 134 cm³/mol. The van der Waals surface area contributed by atoms with E-state index in [4.69, 9.17) is 0 Å². The zero-order chi connectivity index (χ0) is 25.0. The number of allylic oxidation sites excluding steroid dienone is 4. The molecule has 0 aromatic rings. The second-order valence-corrected chi connectivity index (χ2v) is 10.7. The molecule has 33 heavy (non-hydrogen) atoms. The van der Waals surface area contributed by atoms with Gasteiger partial charge in [-0.1, -0.05) is 96.7 Å². The molecule has 0 fully saturated rings. The number of carbonyl (C=O) groups excluding carboxylic acids is 2.